The van der Waals surface area contributed by atoms with Crippen LogP contribution in [0.1, 0.15) is 28.3 Å². The van der Waals surface area contributed by atoms with Crippen LogP contribution in [-0.4, -0.2) is 41.0 Å². The van der Waals surface area contributed by atoms with E-state index in [9.17, 15) is 0 Å². The molecule has 0 bridgehead atoms. The van der Waals surface area contributed by atoms with Gasteiger partial charge in [-0.25, -0.2) is 4.99 Å². The van der Waals surface area contributed by atoms with Gasteiger partial charge in [-0.1, -0.05) is 42.5 Å². The van der Waals surface area contributed by atoms with Gasteiger partial charge in [-0.15, -0.1) is 34.2 Å². The number of halogens is 1. The zero-order chi connectivity index (χ0) is 22.8. The minimum atomic E-state index is 0. The summed E-state index contributed by atoms with van der Waals surface area (Å²) in [6.07, 6.45) is 0. The van der Waals surface area contributed by atoms with Crippen molar-refractivity contribution in [1.82, 2.24) is 25.4 Å². The molecule has 33 heavy (non-hydrogen) atoms. The fourth-order valence-electron chi connectivity index (χ4n) is 3.05. The molecule has 0 unspecified atom stereocenters. The van der Waals surface area contributed by atoms with Crippen LogP contribution in [0.2, 0.25) is 0 Å². The third-order valence-electron chi connectivity index (χ3n) is 5.07. The molecule has 0 aliphatic rings. The fraction of sp³-hybridized carbons (Fsp3) is 0.375. The second-order valence-electron chi connectivity index (χ2n) is 7.53. The highest BCUT2D eigenvalue weighted by Gasteiger charge is 2.09. The molecule has 0 fully saturated rings. The van der Waals surface area contributed by atoms with Gasteiger partial charge in [0.05, 0.1) is 19.7 Å². The second kappa shape index (κ2) is 13.8. The average molecular weight is 564 g/mol. The van der Waals surface area contributed by atoms with Crippen molar-refractivity contribution in [3.05, 3.63) is 76.9 Å². The van der Waals surface area contributed by atoms with Crippen LogP contribution in [-0.2, 0) is 31.4 Å². The topological polar surface area (TPSA) is 85.6 Å². The fourth-order valence-corrected chi connectivity index (χ4v) is 3.05. The van der Waals surface area contributed by atoms with Gasteiger partial charge in [0.15, 0.2) is 11.8 Å². The van der Waals surface area contributed by atoms with Crippen LogP contribution < -0.4 is 15.4 Å². The van der Waals surface area contributed by atoms with Gasteiger partial charge in [0, 0.05) is 26.3 Å². The summed E-state index contributed by atoms with van der Waals surface area (Å²) < 4.78 is 13.0. The van der Waals surface area contributed by atoms with E-state index in [-0.39, 0.29) is 24.0 Å². The summed E-state index contributed by atoms with van der Waals surface area (Å²) in [6.45, 7) is 6.69. The Morgan fingerprint density at radius 2 is 1.76 bits per heavy atom. The first kappa shape index (κ1) is 26.6. The Morgan fingerprint density at radius 3 is 2.45 bits per heavy atom. The van der Waals surface area contributed by atoms with E-state index in [2.05, 4.69) is 52.0 Å². The number of hydrogen-bond donors (Lipinski definition) is 2. The van der Waals surface area contributed by atoms with Crippen LogP contribution in [0, 0.1) is 13.8 Å². The highest BCUT2D eigenvalue weighted by molar-refractivity contribution is 14.0. The smallest absolute Gasteiger partial charge is 0.192 e. The van der Waals surface area contributed by atoms with E-state index in [1.165, 1.54) is 0 Å². The molecule has 0 aliphatic carbocycles. The number of aromatic nitrogens is 3. The summed E-state index contributed by atoms with van der Waals surface area (Å²) in [5.41, 5.74) is 3.34. The molecular formula is C24H33IN6O2. The number of ether oxygens (including phenoxy) is 2. The van der Waals surface area contributed by atoms with Crippen molar-refractivity contribution in [3.8, 4) is 5.75 Å². The summed E-state index contributed by atoms with van der Waals surface area (Å²) in [5.74, 6) is 3.25. The number of methoxy groups -OCH3 is 1. The second-order valence-corrected chi connectivity index (χ2v) is 7.53. The van der Waals surface area contributed by atoms with Crippen LogP contribution >= 0.6 is 24.0 Å². The van der Waals surface area contributed by atoms with E-state index in [0.29, 0.717) is 38.8 Å². The number of rotatable bonds is 10. The van der Waals surface area contributed by atoms with Crippen molar-refractivity contribution in [2.75, 3.05) is 20.3 Å². The summed E-state index contributed by atoms with van der Waals surface area (Å²) in [7, 11) is 3.62. The molecule has 0 saturated heterocycles. The lowest BCUT2D eigenvalue weighted by Crippen LogP contribution is -2.37. The summed E-state index contributed by atoms with van der Waals surface area (Å²) >= 11 is 0. The number of nitrogens with zero attached hydrogens (tertiary/aromatic N) is 4. The van der Waals surface area contributed by atoms with Gasteiger partial charge >= 0.3 is 0 Å². The first-order valence-corrected chi connectivity index (χ1v) is 10.7. The number of hydrogen-bond acceptors (Lipinski definition) is 5. The van der Waals surface area contributed by atoms with E-state index >= 15 is 0 Å². The van der Waals surface area contributed by atoms with Crippen LogP contribution in [0.25, 0.3) is 0 Å². The Bertz CT molecular complexity index is 1020. The maximum atomic E-state index is 5.92. The van der Waals surface area contributed by atoms with Crippen LogP contribution in [0.15, 0.2) is 53.5 Å². The average Bonchev–Trinajstić information content (AvgIpc) is 3.12. The largest absolute Gasteiger partial charge is 0.491 e. The van der Waals surface area contributed by atoms with Gasteiger partial charge in [-0.3, -0.25) is 0 Å². The molecule has 2 aromatic carbocycles. The van der Waals surface area contributed by atoms with Crippen LogP contribution in [0.3, 0.4) is 0 Å². The third kappa shape index (κ3) is 8.32. The third-order valence-corrected chi connectivity index (χ3v) is 5.07. The Labute approximate surface area is 212 Å². The highest BCUT2D eigenvalue weighted by atomic mass is 127. The lowest BCUT2D eigenvalue weighted by molar-refractivity contribution is 0.145. The molecule has 0 amide bonds. The van der Waals surface area contributed by atoms with Gasteiger partial charge in [0.1, 0.15) is 18.2 Å². The molecule has 8 nitrogen and oxygen atoms in total. The number of guanidine groups is 1. The predicted molar refractivity (Wildman–Crippen MR) is 141 cm³/mol. The molecule has 0 aliphatic heterocycles. The van der Waals surface area contributed by atoms with Crippen molar-refractivity contribution >= 4 is 29.9 Å². The Morgan fingerprint density at radius 1 is 1.00 bits per heavy atom. The first-order valence-electron chi connectivity index (χ1n) is 10.7. The van der Waals surface area contributed by atoms with E-state index in [1.807, 2.05) is 42.8 Å². The van der Waals surface area contributed by atoms with Crippen molar-refractivity contribution < 1.29 is 9.47 Å². The van der Waals surface area contributed by atoms with Gasteiger partial charge in [-0.05, 0) is 31.0 Å². The Kier molecular flexibility index (Phi) is 11.1. The molecule has 9 heteroatoms. The Balaban J connectivity index is 0.00000385. The molecule has 178 valence electrons. The lowest BCUT2D eigenvalue weighted by Gasteiger charge is -2.16. The standard InChI is InChI=1S/C24H32N6O2.HI/c1-18-10-11-21(22(14-18)32-13-12-31-4)16-26-24(25-15-20-8-6-5-7-9-20)27-17-23-29-28-19(2)30(23)3;/h5-11,14H,12-13,15-17H2,1-4H3,(H2,25,26,27);1H. The molecule has 3 aromatic rings. The molecule has 1 heterocycles. The van der Waals surface area contributed by atoms with Gasteiger partial charge in [-0.2, -0.15) is 0 Å². The van der Waals surface area contributed by atoms with E-state index in [1.54, 1.807) is 7.11 Å². The van der Waals surface area contributed by atoms with E-state index in [4.69, 9.17) is 14.5 Å². The summed E-state index contributed by atoms with van der Waals surface area (Å²) in [5, 5.41) is 15.1. The molecular weight excluding hydrogens is 531 g/mol. The molecule has 0 atom stereocenters. The molecule has 0 radical (unpaired) electrons. The number of nitrogens with one attached hydrogen (secondary N) is 2. The van der Waals surface area contributed by atoms with Gasteiger partial charge in [0.2, 0.25) is 0 Å². The number of aliphatic imine (C=N–C) groups is 1. The summed E-state index contributed by atoms with van der Waals surface area (Å²) in [4.78, 5) is 4.76. The molecule has 3 rings (SSSR count). The highest BCUT2D eigenvalue weighted by Crippen LogP contribution is 2.20. The first-order chi connectivity index (χ1) is 15.6. The molecule has 0 saturated carbocycles. The molecule has 1 aromatic heterocycles. The van der Waals surface area contributed by atoms with Gasteiger partial charge in [0.25, 0.3) is 0 Å². The number of benzene rings is 2. The van der Waals surface area contributed by atoms with Gasteiger partial charge < -0.3 is 24.7 Å². The van der Waals surface area contributed by atoms with Crippen LogP contribution in [0.5, 0.6) is 5.75 Å². The summed E-state index contributed by atoms with van der Waals surface area (Å²) in [6, 6.07) is 16.4. The molecule has 0 spiro atoms. The zero-order valence-corrected chi connectivity index (χ0v) is 22.0. The van der Waals surface area contributed by atoms with E-state index in [0.717, 1.165) is 34.1 Å². The van der Waals surface area contributed by atoms with Crippen molar-refractivity contribution in [2.24, 2.45) is 12.0 Å². The quantitative estimate of drug-likeness (QED) is 0.170. The predicted octanol–water partition coefficient (Wildman–Crippen LogP) is 3.51. The SMILES string of the molecule is COCCOc1cc(C)ccc1CNC(=NCc1ccccc1)NCc1nnc(C)n1C.I. The maximum Gasteiger partial charge on any atom is 0.192 e. The lowest BCUT2D eigenvalue weighted by atomic mass is 10.1. The maximum absolute atomic E-state index is 5.92. The minimum Gasteiger partial charge on any atom is -0.491 e. The van der Waals surface area contributed by atoms with Crippen molar-refractivity contribution in [1.29, 1.82) is 0 Å². The molecule has 2 N–H and O–H groups in total. The Hall–Kier alpha value is -2.66. The van der Waals surface area contributed by atoms with E-state index < -0.39 is 0 Å². The van der Waals surface area contributed by atoms with Crippen LogP contribution in [0.4, 0.5) is 0 Å². The zero-order valence-electron chi connectivity index (χ0n) is 19.7. The minimum absolute atomic E-state index is 0. The normalized spacial score (nSPS) is 11.1. The number of aryl methyl sites for hydroxylation is 2. The van der Waals surface area contributed by atoms with Crippen molar-refractivity contribution in [2.45, 2.75) is 33.5 Å². The monoisotopic (exact) mass is 564 g/mol. The van der Waals surface area contributed by atoms with Crippen molar-refractivity contribution in [3.63, 3.8) is 0 Å².